The summed E-state index contributed by atoms with van der Waals surface area (Å²) in [6.07, 6.45) is 1.70. The third kappa shape index (κ3) is 1.78. The molecule has 3 aromatic heterocycles. The Morgan fingerprint density at radius 1 is 0.950 bits per heavy atom. The Balaban J connectivity index is 1.88. The standard InChI is InChI=1S/C14H8N4OS/c1-2-4-9(5-3-1)10-6-7-20-12(10)11-8-15-13-14(16-11)18-19-17-13/h1-8H. The molecular weight excluding hydrogens is 272 g/mol. The first-order chi connectivity index (χ1) is 9.92. The largest absolute Gasteiger partial charge is 0.243 e. The molecule has 0 unspecified atom stereocenters. The average molecular weight is 280 g/mol. The lowest BCUT2D eigenvalue weighted by Gasteiger charge is -2.02. The summed E-state index contributed by atoms with van der Waals surface area (Å²) in [5, 5.41) is 9.45. The predicted octanol–water partition coefficient (Wildman–Crippen LogP) is 3.41. The van der Waals surface area contributed by atoms with Crippen molar-refractivity contribution >= 4 is 22.6 Å². The van der Waals surface area contributed by atoms with Crippen molar-refractivity contribution in [2.45, 2.75) is 0 Å². The Labute approximate surface area is 117 Å². The number of hydrogen-bond donors (Lipinski definition) is 0. The highest BCUT2D eigenvalue weighted by atomic mass is 32.1. The summed E-state index contributed by atoms with van der Waals surface area (Å²) in [7, 11) is 0. The highest BCUT2D eigenvalue weighted by Gasteiger charge is 2.12. The van der Waals surface area contributed by atoms with Crippen LogP contribution in [-0.4, -0.2) is 20.3 Å². The molecule has 0 amide bonds. The van der Waals surface area contributed by atoms with Crippen molar-refractivity contribution in [3.05, 3.63) is 48.0 Å². The molecular formula is C14H8N4OS. The van der Waals surface area contributed by atoms with E-state index in [2.05, 4.69) is 43.1 Å². The number of rotatable bonds is 2. The van der Waals surface area contributed by atoms with E-state index in [1.807, 2.05) is 23.6 Å². The van der Waals surface area contributed by atoms with Crippen LogP contribution in [0.5, 0.6) is 0 Å². The minimum Gasteiger partial charge on any atom is -0.240 e. The molecule has 3 heterocycles. The maximum atomic E-state index is 4.63. The summed E-state index contributed by atoms with van der Waals surface area (Å²) in [6, 6.07) is 12.3. The smallest absolute Gasteiger partial charge is 0.240 e. The van der Waals surface area contributed by atoms with Gasteiger partial charge >= 0.3 is 0 Å². The molecule has 4 rings (SSSR count). The Kier molecular flexibility index (Phi) is 2.53. The number of nitrogens with zero attached hydrogens (tertiary/aromatic N) is 4. The third-order valence-electron chi connectivity index (χ3n) is 2.97. The molecule has 0 N–H and O–H groups in total. The number of thiophene rings is 1. The molecule has 0 atom stereocenters. The second-order valence-electron chi connectivity index (χ2n) is 4.20. The Morgan fingerprint density at radius 2 is 1.80 bits per heavy atom. The summed E-state index contributed by atoms with van der Waals surface area (Å²) in [5.41, 5.74) is 3.92. The van der Waals surface area contributed by atoms with Crippen LogP contribution in [0, 0.1) is 0 Å². The Hall–Kier alpha value is -2.60. The second-order valence-corrected chi connectivity index (χ2v) is 5.11. The molecule has 1 aromatic carbocycles. The van der Waals surface area contributed by atoms with E-state index in [1.54, 1.807) is 17.5 Å². The number of aromatic nitrogens is 4. The van der Waals surface area contributed by atoms with Crippen molar-refractivity contribution in [1.82, 2.24) is 20.3 Å². The minimum atomic E-state index is 0.423. The average Bonchev–Trinajstić information content (AvgIpc) is 3.16. The van der Waals surface area contributed by atoms with E-state index in [-0.39, 0.29) is 0 Å². The van der Waals surface area contributed by atoms with Crippen LogP contribution in [0.15, 0.2) is 52.6 Å². The van der Waals surface area contributed by atoms with Crippen LogP contribution < -0.4 is 0 Å². The second kappa shape index (κ2) is 4.50. The SMILES string of the molecule is c1ccc(-c2ccsc2-c2cnc3nonc3n2)cc1. The molecule has 0 aliphatic rings. The van der Waals surface area contributed by atoms with Gasteiger partial charge in [-0.05, 0) is 27.3 Å². The van der Waals surface area contributed by atoms with E-state index < -0.39 is 0 Å². The Bertz CT molecular complexity index is 869. The molecule has 0 radical (unpaired) electrons. The molecule has 0 fully saturated rings. The van der Waals surface area contributed by atoms with Crippen LogP contribution in [0.4, 0.5) is 0 Å². The van der Waals surface area contributed by atoms with E-state index >= 15 is 0 Å². The van der Waals surface area contributed by atoms with Crippen molar-refractivity contribution in [1.29, 1.82) is 0 Å². The highest BCUT2D eigenvalue weighted by molar-refractivity contribution is 7.14. The molecule has 0 aliphatic heterocycles. The molecule has 4 aromatic rings. The lowest BCUT2D eigenvalue weighted by Crippen LogP contribution is -1.87. The van der Waals surface area contributed by atoms with Crippen molar-refractivity contribution in [2.75, 3.05) is 0 Å². The molecule has 0 aliphatic carbocycles. The normalized spacial score (nSPS) is 11.0. The highest BCUT2D eigenvalue weighted by Crippen LogP contribution is 2.35. The summed E-state index contributed by atoms with van der Waals surface area (Å²) in [6.45, 7) is 0. The number of fused-ring (bicyclic) bond motifs is 1. The lowest BCUT2D eigenvalue weighted by molar-refractivity contribution is 0.314. The van der Waals surface area contributed by atoms with Gasteiger partial charge in [-0.1, -0.05) is 30.3 Å². The van der Waals surface area contributed by atoms with Crippen molar-refractivity contribution in [3.63, 3.8) is 0 Å². The van der Waals surface area contributed by atoms with Gasteiger partial charge in [0.2, 0.25) is 11.3 Å². The zero-order chi connectivity index (χ0) is 13.4. The van der Waals surface area contributed by atoms with E-state index in [4.69, 9.17) is 0 Å². The molecule has 6 heteroatoms. The predicted molar refractivity (Wildman–Crippen MR) is 76.1 cm³/mol. The number of benzene rings is 1. The fraction of sp³-hybridized carbons (Fsp3) is 0. The summed E-state index contributed by atoms with van der Waals surface area (Å²) in [4.78, 5) is 9.72. The minimum absolute atomic E-state index is 0.423. The maximum absolute atomic E-state index is 4.63. The Morgan fingerprint density at radius 3 is 2.70 bits per heavy atom. The van der Waals surface area contributed by atoms with Gasteiger partial charge in [0.15, 0.2) is 0 Å². The molecule has 20 heavy (non-hydrogen) atoms. The fourth-order valence-corrected chi connectivity index (χ4v) is 2.93. The molecule has 0 saturated heterocycles. The van der Waals surface area contributed by atoms with E-state index in [1.165, 1.54) is 0 Å². The first-order valence-electron chi connectivity index (χ1n) is 6.00. The van der Waals surface area contributed by atoms with Gasteiger partial charge in [0.1, 0.15) is 5.69 Å². The van der Waals surface area contributed by atoms with Gasteiger partial charge in [-0.3, -0.25) is 0 Å². The molecule has 0 spiro atoms. The van der Waals surface area contributed by atoms with Crippen LogP contribution in [0.25, 0.3) is 33.0 Å². The third-order valence-corrected chi connectivity index (χ3v) is 3.91. The van der Waals surface area contributed by atoms with Crippen LogP contribution in [0.2, 0.25) is 0 Å². The molecule has 0 saturated carbocycles. The lowest BCUT2D eigenvalue weighted by atomic mass is 10.1. The first kappa shape index (κ1) is 11.2. The van der Waals surface area contributed by atoms with Crippen molar-refractivity contribution in [3.8, 4) is 21.7 Å². The van der Waals surface area contributed by atoms with E-state index in [0.717, 1.165) is 21.7 Å². The zero-order valence-corrected chi connectivity index (χ0v) is 11.0. The fourth-order valence-electron chi connectivity index (χ4n) is 2.06. The van der Waals surface area contributed by atoms with E-state index in [0.29, 0.717) is 11.3 Å². The number of hydrogen-bond acceptors (Lipinski definition) is 6. The zero-order valence-electron chi connectivity index (χ0n) is 10.2. The topological polar surface area (TPSA) is 64.7 Å². The van der Waals surface area contributed by atoms with Gasteiger partial charge in [-0.15, -0.1) is 11.3 Å². The van der Waals surface area contributed by atoms with Crippen LogP contribution in [0.3, 0.4) is 0 Å². The quantitative estimate of drug-likeness (QED) is 0.563. The summed E-state index contributed by atoms with van der Waals surface area (Å²) < 4.78 is 4.63. The van der Waals surface area contributed by atoms with Gasteiger partial charge in [0.05, 0.1) is 11.1 Å². The maximum Gasteiger partial charge on any atom is 0.243 e. The van der Waals surface area contributed by atoms with Gasteiger partial charge < -0.3 is 0 Å². The van der Waals surface area contributed by atoms with Crippen molar-refractivity contribution < 1.29 is 4.63 Å². The molecule has 5 nitrogen and oxygen atoms in total. The van der Waals surface area contributed by atoms with Gasteiger partial charge in [0.25, 0.3) is 0 Å². The summed E-state index contributed by atoms with van der Waals surface area (Å²) >= 11 is 1.63. The van der Waals surface area contributed by atoms with Crippen molar-refractivity contribution in [2.24, 2.45) is 0 Å². The van der Waals surface area contributed by atoms with Gasteiger partial charge in [-0.25, -0.2) is 14.6 Å². The monoisotopic (exact) mass is 280 g/mol. The van der Waals surface area contributed by atoms with E-state index in [9.17, 15) is 0 Å². The molecule has 96 valence electrons. The van der Waals surface area contributed by atoms with Gasteiger partial charge in [-0.2, -0.15) is 0 Å². The summed E-state index contributed by atoms with van der Waals surface area (Å²) in [5.74, 6) is 0. The van der Waals surface area contributed by atoms with Gasteiger partial charge in [0, 0.05) is 5.56 Å². The molecule has 0 bridgehead atoms. The first-order valence-corrected chi connectivity index (χ1v) is 6.88. The van der Waals surface area contributed by atoms with Crippen LogP contribution in [-0.2, 0) is 0 Å². The van der Waals surface area contributed by atoms with Crippen LogP contribution in [0.1, 0.15) is 0 Å². The van der Waals surface area contributed by atoms with Crippen LogP contribution >= 0.6 is 11.3 Å².